The Balaban J connectivity index is 1.99. The number of benzene rings is 2. The first-order chi connectivity index (χ1) is 8.43. The maximum atomic E-state index is 4.14. The van der Waals surface area contributed by atoms with Crippen LogP contribution in [0.2, 0.25) is 0 Å². The number of rotatable bonds is 2. The van der Waals surface area contributed by atoms with Gasteiger partial charge in [0, 0.05) is 5.56 Å². The van der Waals surface area contributed by atoms with Gasteiger partial charge in [-0.3, -0.25) is 0 Å². The van der Waals surface area contributed by atoms with Crippen molar-refractivity contribution in [1.29, 1.82) is 0 Å². The van der Waals surface area contributed by atoms with Crippen LogP contribution in [0.15, 0.2) is 60.8 Å². The van der Waals surface area contributed by atoms with Crippen molar-refractivity contribution in [3.05, 3.63) is 66.9 Å². The van der Waals surface area contributed by atoms with E-state index < -0.39 is 0 Å². The Kier molecular flexibility index (Phi) is 2.43. The summed E-state index contributed by atoms with van der Waals surface area (Å²) in [5.74, 6) is 0. The third kappa shape index (κ3) is 1.95. The first-order valence-electron chi connectivity index (χ1n) is 5.38. The second-order valence-electron chi connectivity index (χ2n) is 3.66. The monoisotopic (exact) mass is 220 g/mol. The molecule has 3 aromatic rings. The summed E-state index contributed by atoms with van der Waals surface area (Å²) in [5.41, 5.74) is 2.78. The molecule has 3 heteroatoms. The van der Waals surface area contributed by atoms with Crippen molar-refractivity contribution in [2.24, 2.45) is 0 Å². The van der Waals surface area contributed by atoms with Crippen molar-refractivity contribution >= 4 is 0 Å². The van der Waals surface area contributed by atoms with Crippen LogP contribution in [0.1, 0.15) is 0 Å². The average Bonchev–Trinajstić information content (AvgIpc) is 2.90. The first-order valence-corrected chi connectivity index (χ1v) is 5.38. The zero-order valence-electron chi connectivity index (χ0n) is 9.12. The molecular formula is C14H10N3. The van der Waals surface area contributed by atoms with Crippen LogP contribution in [0, 0.1) is 6.07 Å². The van der Waals surface area contributed by atoms with Crippen LogP contribution >= 0.6 is 0 Å². The van der Waals surface area contributed by atoms with Crippen molar-refractivity contribution in [3.8, 4) is 16.9 Å². The third-order valence-electron chi connectivity index (χ3n) is 2.50. The van der Waals surface area contributed by atoms with Gasteiger partial charge in [-0.25, -0.2) is 4.68 Å². The molecule has 0 saturated carbocycles. The van der Waals surface area contributed by atoms with E-state index in [0.717, 1.165) is 16.9 Å². The molecule has 0 amide bonds. The molecule has 0 bridgehead atoms. The van der Waals surface area contributed by atoms with Gasteiger partial charge in [-0.05, 0) is 18.2 Å². The molecule has 1 radical (unpaired) electrons. The Bertz CT molecular complexity index is 546. The topological polar surface area (TPSA) is 30.7 Å². The van der Waals surface area contributed by atoms with Crippen LogP contribution in [0.25, 0.3) is 16.9 Å². The third-order valence-corrected chi connectivity index (χ3v) is 2.50. The van der Waals surface area contributed by atoms with Gasteiger partial charge >= 0.3 is 0 Å². The highest BCUT2D eigenvalue weighted by Crippen LogP contribution is 2.16. The van der Waals surface area contributed by atoms with Gasteiger partial charge < -0.3 is 0 Å². The largest absolute Gasteiger partial charge is 0.220 e. The lowest BCUT2D eigenvalue weighted by atomic mass is 10.2. The summed E-state index contributed by atoms with van der Waals surface area (Å²) in [4.78, 5) is 0. The first kappa shape index (κ1) is 9.78. The highest BCUT2D eigenvalue weighted by molar-refractivity contribution is 5.57. The van der Waals surface area contributed by atoms with Gasteiger partial charge in [0.05, 0.1) is 11.9 Å². The molecule has 0 saturated heterocycles. The van der Waals surface area contributed by atoms with Crippen molar-refractivity contribution < 1.29 is 0 Å². The molecule has 0 atom stereocenters. The van der Waals surface area contributed by atoms with Crippen LogP contribution in [-0.2, 0) is 0 Å². The summed E-state index contributed by atoms with van der Waals surface area (Å²) in [6.07, 6.45) is 1.90. The van der Waals surface area contributed by atoms with Crippen LogP contribution in [0.4, 0.5) is 0 Å². The van der Waals surface area contributed by atoms with E-state index in [1.165, 1.54) is 0 Å². The fourth-order valence-electron chi connectivity index (χ4n) is 1.65. The molecule has 3 nitrogen and oxygen atoms in total. The Morgan fingerprint density at radius 3 is 2.53 bits per heavy atom. The van der Waals surface area contributed by atoms with Crippen molar-refractivity contribution in [3.63, 3.8) is 0 Å². The van der Waals surface area contributed by atoms with Gasteiger partial charge in [0.2, 0.25) is 0 Å². The number of hydrogen-bond donors (Lipinski definition) is 0. The van der Waals surface area contributed by atoms with E-state index in [0.29, 0.717) is 0 Å². The maximum Gasteiger partial charge on any atom is 0.114 e. The standard InChI is InChI=1S/C14H10N3/c1-3-7-12(8-4-1)14-11-17(16-15-14)13-9-5-2-6-10-13/h1-7,9-11H. The molecule has 0 fully saturated rings. The Morgan fingerprint density at radius 1 is 0.941 bits per heavy atom. The summed E-state index contributed by atoms with van der Waals surface area (Å²) >= 11 is 0. The van der Waals surface area contributed by atoms with E-state index in [-0.39, 0.29) is 0 Å². The van der Waals surface area contributed by atoms with E-state index in [1.54, 1.807) is 4.68 Å². The predicted octanol–water partition coefficient (Wildman–Crippen LogP) is 2.73. The van der Waals surface area contributed by atoms with Gasteiger partial charge in [-0.15, -0.1) is 5.10 Å². The molecule has 0 aliphatic heterocycles. The van der Waals surface area contributed by atoms with Gasteiger partial charge in [0.15, 0.2) is 0 Å². The summed E-state index contributed by atoms with van der Waals surface area (Å²) < 4.78 is 1.76. The van der Waals surface area contributed by atoms with Crippen LogP contribution in [-0.4, -0.2) is 15.0 Å². The minimum absolute atomic E-state index is 0.828. The van der Waals surface area contributed by atoms with Gasteiger partial charge in [-0.2, -0.15) is 0 Å². The van der Waals surface area contributed by atoms with Crippen molar-refractivity contribution in [2.45, 2.75) is 0 Å². The number of para-hydroxylation sites is 1. The quantitative estimate of drug-likeness (QED) is 0.664. The molecule has 3 rings (SSSR count). The number of hydrogen-bond acceptors (Lipinski definition) is 2. The lowest BCUT2D eigenvalue weighted by Gasteiger charge is -1.97. The molecule has 0 N–H and O–H groups in total. The normalized spacial score (nSPS) is 10.4. The van der Waals surface area contributed by atoms with Gasteiger partial charge in [-0.1, -0.05) is 47.7 Å². The highest BCUT2D eigenvalue weighted by Gasteiger charge is 2.04. The molecule has 1 aromatic heterocycles. The van der Waals surface area contributed by atoms with E-state index in [4.69, 9.17) is 0 Å². The van der Waals surface area contributed by atoms with Crippen LogP contribution in [0.5, 0.6) is 0 Å². The SMILES string of the molecule is [c]1ccccc1-c1cn(-c2ccccc2)nn1. The average molecular weight is 220 g/mol. The Labute approximate surface area is 99.3 Å². The summed E-state index contributed by atoms with van der Waals surface area (Å²) in [5, 5.41) is 8.25. The zero-order chi connectivity index (χ0) is 11.5. The van der Waals surface area contributed by atoms with E-state index in [9.17, 15) is 0 Å². The predicted molar refractivity (Wildman–Crippen MR) is 65.6 cm³/mol. The molecule has 2 aromatic carbocycles. The lowest BCUT2D eigenvalue weighted by Crippen LogP contribution is -1.93. The molecule has 0 aliphatic rings. The smallest absolute Gasteiger partial charge is 0.114 e. The van der Waals surface area contributed by atoms with Crippen molar-refractivity contribution in [1.82, 2.24) is 15.0 Å². The minimum atomic E-state index is 0.828. The molecule has 81 valence electrons. The van der Waals surface area contributed by atoms with E-state index >= 15 is 0 Å². The summed E-state index contributed by atoms with van der Waals surface area (Å²) in [7, 11) is 0. The maximum absolute atomic E-state index is 4.14. The van der Waals surface area contributed by atoms with E-state index in [1.807, 2.05) is 60.8 Å². The van der Waals surface area contributed by atoms with Gasteiger partial charge in [0.1, 0.15) is 5.69 Å². The number of aromatic nitrogens is 3. The molecule has 0 aliphatic carbocycles. The minimum Gasteiger partial charge on any atom is -0.220 e. The summed E-state index contributed by atoms with van der Waals surface area (Å²) in [6.45, 7) is 0. The summed E-state index contributed by atoms with van der Waals surface area (Å²) in [6, 6.07) is 20.8. The lowest BCUT2D eigenvalue weighted by molar-refractivity contribution is 0.804. The van der Waals surface area contributed by atoms with E-state index in [2.05, 4.69) is 16.4 Å². The molecule has 1 heterocycles. The Morgan fingerprint density at radius 2 is 1.76 bits per heavy atom. The molecule has 17 heavy (non-hydrogen) atoms. The number of nitrogens with zero attached hydrogens (tertiary/aromatic N) is 3. The second-order valence-corrected chi connectivity index (χ2v) is 3.66. The van der Waals surface area contributed by atoms with Crippen LogP contribution < -0.4 is 0 Å². The molecule has 0 unspecified atom stereocenters. The second kappa shape index (κ2) is 4.22. The fourth-order valence-corrected chi connectivity index (χ4v) is 1.65. The molecule has 0 spiro atoms. The fraction of sp³-hybridized carbons (Fsp3) is 0. The Hall–Kier alpha value is -2.42. The van der Waals surface area contributed by atoms with Crippen molar-refractivity contribution in [2.75, 3.05) is 0 Å². The highest BCUT2D eigenvalue weighted by atomic mass is 15.4. The van der Waals surface area contributed by atoms with Gasteiger partial charge in [0.25, 0.3) is 0 Å². The van der Waals surface area contributed by atoms with Crippen LogP contribution in [0.3, 0.4) is 0 Å². The zero-order valence-corrected chi connectivity index (χ0v) is 9.12. The molecular weight excluding hydrogens is 210 g/mol.